The van der Waals surface area contributed by atoms with Crippen molar-refractivity contribution in [3.63, 3.8) is 0 Å². The van der Waals surface area contributed by atoms with E-state index < -0.39 is 6.10 Å². The lowest BCUT2D eigenvalue weighted by Gasteiger charge is -2.29. The zero-order chi connectivity index (χ0) is 17.3. The summed E-state index contributed by atoms with van der Waals surface area (Å²) in [5.41, 5.74) is 0.921. The predicted molar refractivity (Wildman–Crippen MR) is 86.5 cm³/mol. The van der Waals surface area contributed by atoms with Gasteiger partial charge in [0, 0.05) is 0 Å². The van der Waals surface area contributed by atoms with Gasteiger partial charge in [0.1, 0.15) is 11.7 Å². The van der Waals surface area contributed by atoms with Crippen molar-refractivity contribution in [2.75, 3.05) is 21.3 Å². The molecule has 0 saturated heterocycles. The largest absolute Gasteiger partial charge is 0.504 e. The van der Waals surface area contributed by atoms with Crippen molar-refractivity contribution < 1.29 is 28.8 Å². The summed E-state index contributed by atoms with van der Waals surface area (Å²) in [5.74, 6) is 0.0541. The molecule has 0 bridgehead atoms. The minimum atomic E-state index is -0.461. The van der Waals surface area contributed by atoms with Crippen LogP contribution >= 0.6 is 0 Å². The molecule has 2 aromatic carbocycles. The Morgan fingerprint density at radius 2 is 1.62 bits per heavy atom. The van der Waals surface area contributed by atoms with Gasteiger partial charge in [-0.1, -0.05) is 30.3 Å². The first-order chi connectivity index (χ1) is 11.6. The second-order valence-corrected chi connectivity index (χ2v) is 5.30. The van der Waals surface area contributed by atoms with Gasteiger partial charge in [-0.05, 0) is 5.56 Å². The smallest absolute Gasteiger partial charge is 0.211 e. The van der Waals surface area contributed by atoms with E-state index in [9.17, 15) is 9.90 Å². The van der Waals surface area contributed by atoms with Crippen molar-refractivity contribution in [1.82, 2.24) is 0 Å². The molecule has 6 nitrogen and oxygen atoms in total. The summed E-state index contributed by atoms with van der Waals surface area (Å²) in [7, 11) is 4.24. The Labute approximate surface area is 139 Å². The average molecular weight is 330 g/mol. The quantitative estimate of drug-likeness (QED) is 0.928. The van der Waals surface area contributed by atoms with Gasteiger partial charge in [0.2, 0.25) is 17.2 Å². The number of carbonyl (C=O) groups is 1. The third-order valence-electron chi connectivity index (χ3n) is 3.99. The van der Waals surface area contributed by atoms with Crippen LogP contribution in [-0.2, 0) is 0 Å². The summed E-state index contributed by atoms with van der Waals surface area (Å²) < 4.78 is 21.8. The Balaban J connectivity index is 2.18. The van der Waals surface area contributed by atoms with E-state index in [1.807, 2.05) is 30.3 Å². The third-order valence-corrected chi connectivity index (χ3v) is 3.99. The van der Waals surface area contributed by atoms with E-state index in [2.05, 4.69) is 0 Å². The first-order valence-corrected chi connectivity index (χ1v) is 7.42. The summed E-state index contributed by atoms with van der Waals surface area (Å²) in [6.45, 7) is 0. The number of benzene rings is 2. The fourth-order valence-corrected chi connectivity index (χ4v) is 2.89. The van der Waals surface area contributed by atoms with Crippen molar-refractivity contribution in [2.24, 2.45) is 0 Å². The van der Waals surface area contributed by atoms with Crippen molar-refractivity contribution >= 4 is 5.78 Å². The van der Waals surface area contributed by atoms with Gasteiger partial charge in [-0.15, -0.1) is 0 Å². The molecule has 2 aromatic rings. The maximum absolute atomic E-state index is 12.6. The Morgan fingerprint density at radius 3 is 2.21 bits per heavy atom. The Bertz CT molecular complexity index is 769. The summed E-state index contributed by atoms with van der Waals surface area (Å²) >= 11 is 0. The average Bonchev–Trinajstić information content (AvgIpc) is 2.61. The van der Waals surface area contributed by atoms with Gasteiger partial charge in [0.15, 0.2) is 17.3 Å². The van der Waals surface area contributed by atoms with E-state index in [0.29, 0.717) is 0 Å². The van der Waals surface area contributed by atoms with Gasteiger partial charge in [0.05, 0.1) is 27.8 Å². The number of ketones is 1. The Kier molecular flexibility index (Phi) is 4.20. The Hall–Kier alpha value is -2.89. The first-order valence-electron chi connectivity index (χ1n) is 7.42. The summed E-state index contributed by atoms with van der Waals surface area (Å²) in [5, 5.41) is 10.4. The minimum Gasteiger partial charge on any atom is -0.504 e. The van der Waals surface area contributed by atoms with Crippen LogP contribution in [0.5, 0.6) is 28.7 Å². The molecule has 1 aliphatic rings. The molecule has 24 heavy (non-hydrogen) atoms. The zero-order valence-electron chi connectivity index (χ0n) is 13.7. The molecule has 0 aromatic heterocycles. The van der Waals surface area contributed by atoms with Crippen LogP contribution in [0.1, 0.15) is 28.4 Å². The van der Waals surface area contributed by atoms with E-state index in [1.54, 1.807) is 0 Å². The van der Waals surface area contributed by atoms with E-state index in [1.165, 1.54) is 21.3 Å². The van der Waals surface area contributed by atoms with E-state index in [0.717, 1.165) is 5.56 Å². The van der Waals surface area contributed by atoms with Crippen LogP contribution in [0.25, 0.3) is 0 Å². The van der Waals surface area contributed by atoms with Gasteiger partial charge in [-0.3, -0.25) is 4.79 Å². The molecule has 0 amide bonds. The topological polar surface area (TPSA) is 74.2 Å². The lowest BCUT2D eigenvalue weighted by molar-refractivity contribution is 0.0834. The second-order valence-electron chi connectivity index (χ2n) is 5.30. The van der Waals surface area contributed by atoms with Crippen LogP contribution in [-0.4, -0.2) is 32.2 Å². The number of phenolic OH excluding ortho intramolecular Hbond substituents is 1. The number of rotatable bonds is 4. The molecule has 3 rings (SSSR count). The molecule has 1 aliphatic heterocycles. The molecule has 6 heteroatoms. The van der Waals surface area contributed by atoms with E-state index in [4.69, 9.17) is 18.9 Å². The van der Waals surface area contributed by atoms with Crippen LogP contribution in [0.3, 0.4) is 0 Å². The number of hydrogen-bond donors (Lipinski definition) is 1. The molecule has 0 unspecified atom stereocenters. The van der Waals surface area contributed by atoms with Crippen LogP contribution in [0.4, 0.5) is 0 Å². The van der Waals surface area contributed by atoms with Gasteiger partial charge < -0.3 is 24.1 Å². The molecule has 1 heterocycles. The number of fused-ring (bicyclic) bond motifs is 1. The molecular weight excluding hydrogens is 312 g/mol. The highest BCUT2D eigenvalue weighted by atomic mass is 16.6. The number of phenols is 1. The fourth-order valence-electron chi connectivity index (χ4n) is 2.89. The molecule has 0 aliphatic carbocycles. The van der Waals surface area contributed by atoms with Gasteiger partial charge in [0.25, 0.3) is 0 Å². The SMILES string of the molecule is COc1c(O)c2c(c(OC)c1OC)O[C@@H](c1ccccc1)CC2=O. The number of methoxy groups -OCH3 is 3. The fraction of sp³-hybridized carbons (Fsp3) is 0.278. The predicted octanol–water partition coefficient (Wildman–Crippen LogP) is 3.12. The van der Waals surface area contributed by atoms with Crippen molar-refractivity contribution in [1.29, 1.82) is 0 Å². The molecule has 1 atom stereocenters. The minimum absolute atomic E-state index is 0.0446. The standard InChI is InChI=1S/C18H18O6/c1-21-16-14(20)13-11(19)9-12(10-7-5-4-6-8-10)24-15(13)17(22-2)18(16)23-3/h4-8,12,20H,9H2,1-3H3/t12-/m1/s1. The number of Topliss-reactive ketones (excluding diaryl/α,β-unsaturated/α-hetero) is 1. The van der Waals surface area contributed by atoms with Crippen molar-refractivity contribution in [3.05, 3.63) is 41.5 Å². The van der Waals surface area contributed by atoms with Gasteiger partial charge in [-0.25, -0.2) is 0 Å². The summed E-state index contributed by atoms with van der Waals surface area (Å²) in [4.78, 5) is 12.6. The van der Waals surface area contributed by atoms with Gasteiger partial charge in [-0.2, -0.15) is 0 Å². The molecule has 126 valence electrons. The first kappa shape index (κ1) is 16.0. The highest BCUT2D eigenvalue weighted by molar-refractivity contribution is 6.05. The number of carbonyl (C=O) groups excluding carboxylic acids is 1. The number of aromatic hydroxyl groups is 1. The number of ether oxygens (including phenoxy) is 4. The van der Waals surface area contributed by atoms with Crippen LogP contribution in [0.2, 0.25) is 0 Å². The highest BCUT2D eigenvalue weighted by Gasteiger charge is 2.37. The molecule has 0 saturated carbocycles. The summed E-state index contributed by atoms with van der Waals surface area (Å²) in [6, 6.07) is 9.42. The van der Waals surface area contributed by atoms with Gasteiger partial charge >= 0.3 is 0 Å². The lowest BCUT2D eigenvalue weighted by Crippen LogP contribution is -2.21. The van der Waals surface area contributed by atoms with Crippen molar-refractivity contribution in [2.45, 2.75) is 12.5 Å². The second kappa shape index (κ2) is 6.31. The third kappa shape index (κ3) is 2.40. The molecular formula is C18H18O6. The lowest BCUT2D eigenvalue weighted by atomic mass is 9.94. The molecule has 0 spiro atoms. The maximum atomic E-state index is 12.6. The van der Waals surface area contributed by atoms with Crippen molar-refractivity contribution in [3.8, 4) is 28.7 Å². The van der Waals surface area contributed by atoms with E-state index in [-0.39, 0.29) is 46.5 Å². The molecule has 1 N–H and O–H groups in total. The van der Waals surface area contributed by atoms with Crippen LogP contribution < -0.4 is 18.9 Å². The van der Waals surface area contributed by atoms with E-state index >= 15 is 0 Å². The monoisotopic (exact) mass is 330 g/mol. The Morgan fingerprint density at radius 1 is 1.00 bits per heavy atom. The van der Waals surface area contributed by atoms with Crippen LogP contribution in [0.15, 0.2) is 30.3 Å². The molecule has 0 radical (unpaired) electrons. The number of hydrogen-bond acceptors (Lipinski definition) is 6. The van der Waals surface area contributed by atoms with Crippen LogP contribution in [0, 0.1) is 0 Å². The zero-order valence-corrected chi connectivity index (χ0v) is 13.7. The normalized spacial score (nSPS) is 16.1. The summed E-state index contributed by atoms with van der Waals surface area (Å²) in [6.07, 6.45) is -0.346. The molecule has 0 fully saturated rings. The highest BCUT2D eigenvalue weighted by Crippen LogP contribution is 2.56. The maximum Gasteiger partial charge on any atom is 0.211 e.